The lowest BCUT2D eigenvalue weighted by atomic mass is 10.3. The Balaban J connectivity index is 3.52. The van der Waals surface area contributed by atoms with Crippen molar-refractivity contribution < 1.29 is 19.4 Å². The largest absolute Gasteiger partial charge is 0.394 e. The van der Waals surface area contributed by atoms with Gasteiger partial charge >= 0.3 is 0 Å². The molecule has 0 unspecified atom stereocenters. The number of rotatable bonds is 8. The summed E-state index contributed by atoms with van der Waals surface area (Å²) in [4.78, 5) is 20.5. The van der Waals surface area contributed by atoms with E-state index in [0.29, 0.717) is 12.8 Å². The van der Waals surface area contributed by atoms with Crippen molar-refractivity contribution in [2.24, 2.45) is 0 Å². The molecule has 3 N–H and O–H groups in total. The van der Waals surface area contributed by atoms with Crippen molar-refractivity contribution in [3.63, 3.8) is 0 Å². The van der Waals surface area contributed by atoms with Gasteiger partial charge in [0.05, 0.1) is 12.7 Å². The lowest BCUT2D eigenvalue weighted by Gasteiger charge is -2.12. The standard InChI is InChI=1S/C9H16N2O4/c1-2-8(5-12)15-7-10-4-3-9(14)11-6-13/h3-4,6,8,10,12H,2,5,7H2,1H3,(H,11,13,14)/b4-3-/t8-/m0/s1. The number of aliphatic hydroxyl groups is 1. The van der Waals surface area contributed by atoms with Crippen LogP contribution in [0, 0.1) is 0 Å². The van der Waals surface area contributed by atoms with Crippen LogP contribution >= 0.6 is 0 Å². The lowest BCUT2D eigenvalue weighted by Crippen LogP contribution is -2.23. The van der Waals surface area contributed by atoms with Crippen LogP contribution in [0.1, 0.15) is 13.3 Å². The summed E-state index contributed by atoms with van der Waals surface area (Å²) in [6.45, 7) is 2.06. The maximum atomic E-state index is 10.7. The Morgan fingerprint density at radius 3 is 2.87 bits per heavy atom. The number of carbonyl (C=O) groups is 2. The van der Waals surface area contributed by atoms with Crippen molar-refractivity contribution in [1.29, 1.82) is 0 Å². The quantitative estimate of drug-likeness (QED) is 0.212. The highest BCUT2D eigenvalue weighted by molar-refractivity contribution is 5.94. The fraction of sp³-hybridized carbons (Fsp3) is 0.556. The first-order chi connectivity index (χ1) is 7.24. The Kier molecular flexibility index (Phi) is 8.31. The number of aliphatic hydroxyl groups excluding tert-OH is 1. The number of hydrogen-bond donors (Lipinski definition) is 3. The van der Waals surface area contributed by atoms with Crippen LogP contribution in [0.4, 0.5) is 0 Å². The zero-order valence-electron chi connectivity index (χ0n) is 8.60. The van der Waals surface area contributed by atoms with Crippen LogP contribution in [0.25, 0.3) is 0 Å². The van der Waals surface area contributed by atoms with Crippen LogP contribution in [0.3, 0.4) is 0 Å². The minimum atomic E-state index is -0.508. The Labute approximate surface area is 88.3 Å². The average Bonchev–Trinajstić information content (AvgIpc) is 2.24. The summed E-state index contributed by atoms with van der Waals surface area (Å²) in [5, 5.41) is 13.4. The topological polar surface area (TPSA) is 87.7 Å². The molecule has 0 spiro atoms. The van der Waals surface area contributed by atoms with Gasteiger partial charge in [0.25, 0.3) is 5.91 Å². The Morgan fingerprint density at radius 1 is 1.60 bits per heavy atom. The number of amides is 2. The summed E-state index contributed by atoms with van der Waals surface area (Å²) in [5.41, 5.74) is 0. The molecule has 0 aliphatic rings. The Hall–Kier alpha value is -1.40. The number of nitrogens with one attached hydrogen (secondary N) is 2. The average molecular weight is 216 g/mol. The SMILES string of the molecule is CC[C@@H](CO)OCN/C=C\C(=O)NC=O. The molecule has 0 saturated heterocycles. The smallest absolute Gasteiger partial charge is 0.251 e. The van der Waals surface area contributed by atoms with Gasteiger partial charge in [-0.15, -0.1) is 0 Å². The monoisotopic (exact) mass is 216 g/mol. The normalized spacial score (nSPS) is 12.4. The van der Waals surface area contributed by atoms with E-state index in [-0.39, 0.29) is 19.4 Å². The van der Waals surface area contributed by atoms with Crippen LogP contribution in [-0.4, -0.2) is 36.9 Å². The molecule has 0 fully saturated rings. The molecule has 86 valence electrons. The molecular weight excluding hydrogens is 200 g/mol. The second-order valence-corrected chi connectivity index (χ2v) is 2.69. The summed E-state index contributed by atoms with van der Waals surface area (Å²) in [6.07, 6.45) is 3.35. The van der Waals surface area contributed by atoms with Crippen LogP contribution in [0.2, 0.25) is 0 Å². The third-order valence-corrected chi connectivity index (χ3v) is 1.62. The molecule has 0 aromatic rings. The Bertz CT molecular complexity index is 214. The molecule has 1 atom stereocenters. The van der Waals surface area contributed by atoms with Crippen molar-refractivity contribution in [3.8, 4) is 0 Å². The molecule has 0 aliphatic heterocycles. The van der Waals surface area contributed by atoms with Gasteiger partial charge in [0.15, 0.2) is 0 Å². The van der Waals surface area contributed by atoms with E-state index in [0.717, 1.165) is 6.08 Å². The maximum absolute atomic E-state index is 10.7. The molecular formula is C9H16N2O4. The molecule has 0 radical (unpaired) electrons. The van der Waals surface area contributed by atoms with Gasteiger partial charge in [0.2, 0.25) is 6.41 Å². The predicted octanol–water partition coefficient (Wildman–Crippen LogP) is -0.893. The van der Waals surface area contributed by atoms with Gasteiger partial charge in [-0.25, -0.2) is 0 Å². The summed E-state index contributed by atoms with van der Waals surface area (Å²) < 4.78 is 5.17. The van der Waals surface area contributed by atoms with Crippen LogP contribution < -0.4 is 10.6 Å². The predicted molar refractivity (Wildman–Crippen MR) is 53.6 cm³/mol. The molecule has 0 heterocycles. The van der Waals surface area contributed by atoms with Crippen molar-refractivity contribution in [2.75, 3.05) is 13.3 Å². The van der Waals surface area contributed by atoms with Crippen molar-refractivity contribution >= 4 is 12.3 Å². The van der Waals surface area contributed by atoms with Gasteiger partial charge in [-0.1, -0.05) is 6.92 Å². The zero-order chi connectivity index (χ0) is 11.5. The molecule has 0 aromatic carbocycles. The summed E-state index contributed by atoms with van der Waals surface area (Å²) in [7, 11) is 0. The molecule has 0 bridgehead atoms. The molecule has 6 nitrogen and oxygen atoms in total. The molecule has 0 saturated carbocycles. The number of carbonyl (C=O) groups excluding carboxylic acids is 2. The minimum Gasteiger partial charge on any atom is -0.394 e. The highest BCUT2D eigenvalue weighted by Crippen LogP contribution is 1.94. The van der Waals surface area contributed by atoms with E-state index in [4.69, 9.17) is 9.84 Å². The minimum absolute atomic E-state index is 0.0342. The van der Waals surface area contributed by atoms with E-state index in [1.807, 2.05) is 12.2 Å². The third-order valence-electron chi connectivity index (χ3n) is 1.62. The van der Waals surface area contributed by atoms with Gasteiger partial charge in [-0.3, -0.25) is 14.9 Å². The summed E-state index contributed by atoms with van der Waals surface area (Å²) in [5.74, 6) is -0.508. The van der Waals surface area contributed by atoms with Crippen LogP contribution in [0.5, 0.6) is 0 Å². The van der Waals surface area contributed by atoms with Crippen molar-refractivity contribution in [2.45, 2.75) is 19.4 Å². The fourth-order valence-corrected chi connectivity index (χ4v) is 0.755. The molecule has 0 aliphatic carbocycles. The van der Waals surface area contributed by atoms with Gasteiger partial charge in [-0.05, 0) is 6.42 Å². The molecule has 0 rings (SSSR count). The van der Waals surface area contributed by atoms with Crippen molar-refractivity contribution in [1.82, 2.24) is 10.6 Å². The highest BCUT2D eigenvalue weighted by atomic mass is 16.5. The van der Waals surface area contributed by atoms with Gasteiger partial charge < -0.3 is 15.2 Å². The molecule has 6 heteroatoms. The van der Waals surface area contributed by atoms with Crippen LogP contribution in [0.15, 0.2) is 12.3 Å². The first-order valence-electron chi connectivity index (χ1n) is 4.61. The number of ether oxygens (including phenoxy) is 1. The van der Waals surface area contributed by atoms with Gasteiger partial charge in [0, 0.05) is 12.3 Å². The van der Waals surface area contributed by atoms with E-state index < -0.39 is 5.91 Å². The van der Waals surface area contributed by atoms with E-state index in [9.17, 15) is 9.59 Å². The van der Waals surface area contributed by atoms with Gasteiger partial charge in [-0.2, -0.15) is 0 Å². The van der Waals surface area contributed by atoms with E-state index in [2.05, 4.69) is 5.32 Å². The number of hydrogen-bond acceptors (Lipinski definition) is 5. The van der Waals surface area contributed by atoms with Crippen molar-refractivity contribution in [3.05, 3.63) is 12.3 Å². The van der Waals surface area contributed by atoms with E-state index in [1.165, 1.54) is 6.20 Å². The lowest BCUT2D eigenvalue weighted by molar-refractivity contribution is -0.121. The van der Waals surface area contributed by atoms with E-state index >= 15 is 0 Å². The summed E-state index contributed by atoms with van der Waals surface area (Å²) >= 11 is 0. The first kappa shape index (κ1) is 13.6. The molecule has 0 aromatic heterocycles. The van der Waals surface area contributed by atoms with Crippen LogP contribution in [-0.2, 0) is 14.3 Å². The fourth-order valence-electron chi connectivity index (χ4n) is 0.755. The second-order valence-electron chi connectivity index (χ2n) is 2.69. The third kappa shape index (κ3) is 7.65. The molecule has 15 heavy (non-hydrogen) atoms. The highest BCUT2D eigenvalue weighted by Gasteiger charge is 2.01. The summed E-state index contributed by atoms with van der Waals surface area (Å²) in [6, 6.07) is 0. The maximum Gasteiger partial charge on any atom is 0.251 e. The van der Waals surface area contributed by atoms with E-state index in [1.54, 1.807) is 0 Å². The first-order valence-corrected chi connectivity index (χ1v) is 4.61. The Morgan fingerprint density at radius 2 is 2.33 bits per heavy atom. The zero-order valence-corrected chi connectivity index (χ0v) is 8.60. The number of imide groups is 1. The second kappa shape index (κ2) is 9.17. The molecule has 2 amide bonds. The van der Waals surface area contributed by atoms with Gasteiger partial charge in [0.1, 0.15) is 6.73 Å².